The van der Waals surface area contributed by atoms with Crippen molar-refractivity contribution in [3.8, 4) is 0 Å². The highest BCUT2D eigenvalue weighted by atomic mass is 14.8. The maximum Gasteiger partial charge on any atom is 0.0340 e. The number of aryl methyl sites for hydroxylation is 1. The van der Waals surface area contributed by atoms with Crippen molar-refractivity contribution in [3.63, 3.8) is 0 Å². The molecule has 0 radical (unpaired) electrons. The van der Waals surface area contributed by atoms with Crippen LogP contribution in [-0.2, 0) is 0 Å². The average molecular weight is 229 g/mol. The Labute approximate surface area is 106 Å². The van der Waals surface area contributed by atoms with Crippen LogP contribution in [0.15, 0.2) is 60.7 Å². The van der Waals surface area contributed by atoms with Crippen LogP contribution in [0, 0.1) is 6.92 Å². The van der Waals surface area contributed by atoms with E-state index in [0.717, 1.165) is 6.54 Å². The van der Waals surface area contributed by atoms with Crippen LogP contribution in [0.25, 0.3) is 0 Å². The van der Waals surface area contributed by atoms with E-state index in [1.807, 2.05) is 36.4 Å². The van der Waals surface area contributed by atoms with E-state index in [1.54, 1.807) is 0 Å². The molecule has 0 aromatic heterocycles. The predicted molar refractivity (Wildman–Crippen MR) is 78.5 cm³/mol. The van der Waals surface area contributed by atoms with Gasteiger partial charge in [-0.25, -0.2) is 0 Å². The van der Waals surface area contributed by atoms with E-state index < -0.39 is 0 Å². The molecule has 17 heavy (non-hydrogen) atoms. The van der Waals surface area contributed by atoms with Gasteiger partial charge < -0.3 is 5.32 Å². The second-order valence-corrected chi connectivity index (χ2v) is 3.55. The molecule has 1 heteroatoms. The quantitative estimate of drug-likeness (QED) is 0.783. The summed E-state index contributed by atoms with van der Waals surface area (Å²) in [7, 11) is 0. The van der Waals surface area contributed by atoms with Crippen LogP contribution in [0.4, 0.5) is 5.69 Å². The molecule has 0 unspecified atom stereocenters. The minimum Gasteiger partial charge on any atom is -0.385 e. The van der Waals surface area contributed by atoms with E-state index in [2.05, 4.69) is 43.4 Å². The molecule has 1 nitrogen and oxygen atoms in total. The molecule has 0 fully saturated rings. The second-order valence-electron chi connectivity index (χ2n) is 3.55. The van der Waals surface area contributed by atoms with E-state index in [-0.39, 0.29) is 7.43 Å². The van der Waals surface area contributed by atoms with Crippen molar-refractivity contribution in [2.24, 2.45) is 0 Å². The van der Waals surface area contributed by atoms with Gasteiger partial charge in [-0.1, -0.05) is 61.5 Å². The smallest absolute Gasteiger partial charge is 0.0340 e. The van der Waals surface area contributed by atoms with E-state index in [9.17, 15) is 0 Å². The summed E-state index contributed by atoms with van der Waals surface area (Å²) in [5, 5.41) is 3.21. The molecule has 0 amide bonds. The molecular formula is C16H23N. The third kappa shape index (κ3) is 7.18. The zero-order chi connectivity index (χ0) is 11.6. The number of anilines is 1. The van der Waals surface area contributed by atoms with Gasteiger partial charge in [0.1, 0.15) is 0 Å². The number of rotatable bonds is 2. The Hall–Kier alpha value is -1.76. The molecule has 0 saturated heterocycles. The summed E-state index contributed by atoms with van der Waals surface area (Å²) in [6.45, 7) is 5.16. The zero-order valence-corrected chi connectivity index (χ0v) is 9.98. The van der Waals surface area contributed by atoms with E-state index >= 15 is 0 Å². The van der Waals surface area contributed by atoms with Crippen LogP contribution in [0.3, 0.4) is 0 Å². The monoisotopic (exact) mass is 229 g/mol. The first kappa shape index (κ1) is 15.2. The zero-order valence-electron chi connectivity index (χ0n) is 9.98. The molecule has 0 aliphatic carbocycles. The van der Waals surface area contributed by atoms with Crippen molar-refractivity contribution >= 4 is 5.69 Å². The van der Waals surface area contributed by atoms with Gasteiger partial charge in [-0.15, -0.1) is 0 Å². The lowest BCUT2D eigenvalue weighted by Gasteiger charge is -1.99. The van der Waals surface area contributed by atoms with Crippen LogP contribution >= 0.6 is 0 Å². The molecule has 0 bridgehead atoms. The van der Waals surface area contributed by atoms with Crippen molar-refractivity contribution in [3.05, 3.63) is 66.2 Å². The van der Waals surface area contributed by atoms with Gasteiger partial charge in [0, 0.05) is 12.2 Å². The lowest BCUT2D eigenvalue weighted by molar-refractivity contribution is 1.21. The molecule has 0 aliphatic heterocycles. The summed E-state index contributed by atoms with van der Waals surface area (Å²) >= 11 is 0. The molecule has 1 N–H and O–H groups in total. The number of para-hydroxylation sites is 1. The second kappa shape index (κ2) is 9.46. The summed E-state index contributed by atoms with van der Waals surface area (Å²) in [5.41, 5.74) is 2.52. The molecule has 2 aromatic rings. The Kier molecular flexibility index (Phi) is 8.48. The van der Waals surface area contributed by atoms with Crippen LogP contribution in [0.2, 0.25) is 0 Å². The summed E-state index contributed by atoms with van der Waals surface area (Å²) in [6.07, 6.45) is 0. The van der Waals surface area contributed by atoms with Gasteiger partial charge in [0.25, 0.3) is 0 Å². The molecule has 0 saturated carbocycles. The van der Waals surface area contributed by atoms with E-state index in [4.69, 9.17) is 0 Å². The van der Waals surface area contributed by atoms with Gasteiger partial charge in [-0.05, 0) is 26.0 Å². The third-order valence-electron chi connectivity index (χ3n) is 2.10. The van der Waals surface area contributed by atoms with Gasteiger partial charge in [-0.2, -0.15) is 0 Å². The first-order valence-electron chi connectivity index (χ1n) is 5.63. The molecule has 0 aliphatic rings. The van der Waals surface area contributed by atoms with Crippen molar-refractivity contribution in [2.45, 2.75) is 21.3 Å². The average Bonchev–Trinajstić information content (AvgIpc) is 2.33. The fraction of sp³-hybridized carbons (Fsp3) is 0.250. The largest absolute Gasteiger partial charge is 0.385 e. The van der Waals surface area contributed by atoms with Crippen LogP contribution in [-0.4, -0.2) is 6.54 Å². The maximum atomic E-state index is 3.21. The summed E-state index contributed by atoms with van der Waals surface area (Å²) in [5.74, 6) is 0. The first-order valence-corrected chi connectivity index (χ1v) is 5.63. The van der Waals surface area contributed by atoms with Crippen molar-refractivity contribution in [1.82, 2.24) is 0 Å². The maximum absolute atomic E-state index is 3.21. The van der Waals surface area contributed by atoms with Gasteiger partial charge >= 0.3 is 0 Å². The van der Waals surface area contributed by atoms with Gasteiger partial charge in [0.2, 0.25) is 0 Å². The highest BCUT2D eigenvalue weighted by molar-refractivity contribution is 5.41. The van der Waals surface area contributed by atoms with Gasteiger partial charge in [0.05, 0.1) is 0 Å². The van der Waals surface area contributed by atoms with Gasteiger partial charge in [-0.3, -0.25) is 0 Å². The number of hydrogen-bond acceptors (Lipinski definition) is 1. The van der Waals surface area contributed by atoms with Crippen LogP contribution in [0.5, 0.6) is 0 Å². The fourth-order valence-corrected chi connectivity index (χ4v) is 1.29. The number of hydrogen-bond donors (Lipinski definition) is 1. The molecule has 92 valence electrons. The van der Waals surface area contributed by atoms with Crippen molar-refractivity contribution < 1.29 is 0 Å². The van der Waals surface area contributed by atoms with E-state index in [1.165, 1.54) is 11.3 Å². The van der Waals surface area contributed by atoms with Crippen molar-refractivity contribution in [1.29, 1.82) is 0 Å². The summed E-state index contributed by atoms with van der Waals surface area (Å²) < 4.78 is 0. The van der Waals surface area contributed by atoms with Crippen LogP contribution in [0.1, 0.15) is 19.9 Å². The Bertz CT molecular complexity index is 367. The molecule has 2 rings (SSSR count). The lowest BCUT2D eigenvalue weighted by Crippen LogP contribution is -1.94. The number of benzene rings is 2. The first-order chi connectivity index (χ1) is 7.83. The van der Waals surface area contributed by atoms with Crippen molar-refractivity contribution in [2.75, 3.05) is 11.9 Å². The topological polar surface area (TPSA) is 12.0 Å². The Balaban J connectivity index is 0.000000292. The highest BCUT2D eigenvalue weighted by Gasteiger charge is 1.81. The molecule has 0 spiro atoms. The summed E-state index contributed by atoms with van der Waals surface area (Å²) in [6, 6.07) is 20.4. The number of nitrogens with one attached hydrogen (secondary N) is 1. The fourth-order valence-electron chi connectivity index (χ4n) is 1.29. The normalized spacial score (nSPS) is 8.35. The SMILES string of the molecule is C.CCNc1ccccc1.Cc1ccccc1. The van der Waals surface area contributed by atoms with Gasteiger partial charge in [0.15, 0.2) is 0 Å². The van der Waals surface area contributed by atoms with E-state index in [0.29, 0.717) is 0 Å². The standard InChI is InChI=1S/C8H11N.C7H8.CH4/c1-2-9-8-6-4-3-5-7-8;1-7-5-3-2-4-6-7;/h3-7,9H,2H2,1H3;2-6H,1H3;1H4. The minimum absolute atomic E-state index is 0. The highest BCUT2D eigenvalue weighted by Crippen LogP contribution is 2.02. The van der Waals surface area contributed by atoms with Crippen LogP contribution < -0.4 is 5.32 Å². The minimum atomic E-state index is 0. The summed E-state index contributed by atoms with van der Waals surface area (Å²) in [4.78, 5) is 0. The Morgan fingerprint density at radius 2 is 1.29 bits per heavy atom. The molecule has 0 atom stereocenters. The lowest BCUT2D eigenvalue weighted by atomic mass is 10.2. The molecule has 0 heterocycles. The molecule has 2 aromatic carbocycles. The Morgan fingerprint density at radius 1 is 0.824 bits per heavy atom. The predicted octanol–water partition coefficient (Wildman–Crippen LogP) is 4.75. The Morgan fingerprint density at radius 3 is 1.65 bits per heavy atom. The third-order valence-corrected chi connectivity index (χ3v) is 2.10. The molecular weight excluding hydrogens is 206 g/mol.